The standard InChI is InChI=1S/C14H28N2/c1-12(15)16(13-8-4-2-5-9-13)14-10-6-3-7-11-14/h12-14H,2-11,15H2,1H3. The van der Waals surface area contributed by atoms with Crippen LogP contribution in [0.25, 0.3) is 0 Å². The van der Waals surface area contributed by atoms with E-state index in [1.165, 1.54) is 64.2 Å². The fourth-order valence-electron chi connectivity index (χ4n) is 3.72. The highest BCUT2D eigenvalue weighted by Gasteiger charge is 2.30. The van der Waals surface area contributed by atoms with E-state index < -0.39 is 0 Å². The van der Waals surface area contributed by atoms with Crippen molar-refractivity contribution in [2.24, 2.45) is 5.73 Å². The van der Waals surface area contributed by atoms with Gasteiger partial charge in [0.1, 0.15) is 0 Å². The highest BCUT2D eigenvalue weighted by Crippen LogP contribution is 2.30. The first kappa shape index (κ1) is 12.4. The first-order chi connectivity index (χ1) is 7.79. The van der Waals surface area contributed by atoms with Gasteiger partial charge in [-0.3, -0.25) is 4.90 Å². The minimum Gasteiger partial charge on any atom is -0.316 e. The van der Waals surface area contributed by atoms with E-state index >= 15 is 0 Å². The maximum Gasteiger partial charge on any atom is 0.0548 e. The topological polar surface area (TPSA) is 29.3 Å². The van der Waals surface area contributed by atoms with Crippen molar-refractivity contribution < 1.29 is 0 Å². The number of hydrogen-bond donors (Lipinski definition) is 1. The Hall–Kier alpha value is -0.0800. The average Bonchev–Trinajstić information content (AvgIpc) is 2.31. The van der Waals surface area contributed by atoms with Crippen LogP contribution in [0.4, 0.5) is 0 Å². The van der Waals surface area contributed by atoms with Crippen molar-refractivity contribution in [2.75, 3.05) is 0 Å². The second kappa shape index (κ2) is 6.02. The fourth-order valence-corrected chi connectivity index (χ4v) is 3.72. The SMILES string of the molecule is CC(N)N(C1CCCCC1)C1CCCCC1. The second-order valence-electron chi connectivity index (χ2n) is 5.77. The summed E-state index contributed by atoms with van der Waals surface area (Å²) in [6, 6.07) is 1.58. The summed E-state index contributed by atoms with van der Waals surface area (Å²) in [6.07, 6.45) is 14.3. The normalized spacial score (nSPS) is 27.2. The zero-order valence-corrected chi connectivity index (χ0v) is 10.8. The molecule has 2 aliphatic carbocycles. The molecule has 2 fully saturated rings. The van der Waals surface area contributed by atoms with Crippen LogP contribution in [0.1, 0.15) is 71.1 Å². The zero-order valence-electron chi connectivity index (χ0n) is 10.8. The third-order valence-electron chi connectivity index (χ3n) is 4.46. The number of nitrogens with two attached hydrogens (primary N) is 1. The van der Waals surface area contributed by atoms with Crippen molar-refractivity contribution in [3.8, 4) is 0 Å². The molecule has 2 aliphatic rings. The molecule has 1 atom stereocenters. The van der Waals surface area contributed by atoms with E-state index in [1.54, 1.807) is 0 Å². The van der Waals surface area contributed by atoms with Gasteiger partial charge in [0, 0.05) is 12.1 Å². The van der Waals surface area contributed by atoms with Crippen LogP contribution in [0.3, 0.4) is 0 Å². The van der Waals surface area contributed by atoms with Crippen molar-refractivity contribution in [3.63, 3.8) is 0 Å². The molecular formula is C14H28N2. The summed E-state index contributed by atoms with van der Waals surface area (Å²) in [7, 11) is 0. The lowest BCUT2D eigenvalue weighted by Gasteiger charge is -2.44. The molecule has 2 N–H and O–H groups in total. The highest BCUT2D eigenvalue weighted by molar-refractivity contribution is 4.85. The molecule has 2 rings (SSSR count). The molecule has 1 unspecified atom stereocenters. The van der Waals surface area contributed by atoms with E-state index in [4.69, 9.17) is 5.73 Å². The molecule has 0 amide bonds. The maximum absolute atomic E-state index is 6.22. The predicted molar refractivity (Wildman–Crippen MR) is 69.2 cm³/mol. The van der Waals surface area contributed by atoms with Gasteiger partial charge in [0.15, 0.2) is 0 Å². The molecule has 2 saturated carbocycles. The monoisotopic (exact) mass is 224 g/mol. The van der Waals surface area contributed by atoms with Crippen LogP contribution >= 0.6 is 0 Å². The van der Waals surface area contributed by atoms with Crippen LogP contribution in [0, 0.1) is 0 Å². The molecule has 0 saturated heterocycles. The van der Waals surface area contributed by atoms with E-state index in [-0.39, 0.29) is 6.17 Å². The lowest BCUT2D eigenvalue weighted by Crippen LogP contribution is -2.53. The van der Waals surface area contributed by atoms with Gasteiger partial charge in [-0.1, -0.05) is 38.5 Å². The zero-order chi connectivity index (χ0) is 11.4. The average molecular weight is 224 g/mol. The minimum atomic E-state index is 0.256. The Kier molecular flexibility index (Phi) is 4.66. The van der Waals surface area contributed by atoms with Crippen LogP contribution in [-0.2, 0) is 0 Å². The van der Waals surface area contributed by atoms with Gasteiger partial charge < -0.3 is 5.73 Å². The Balaban J connectivity index is 1.96. The van der Waals surface area contributed by atoms with Crippen LogP contribution in [0.2, 0.25) is 0 Å². The molecule has 2 nitrogen and oxygen atoms in total. The quantitative estimate of drug-likeness (QED) is 0.746. The third kappa shape index (κ3) is 2.98. The summed E-state index contributed by atoms with van der Waals surface area (Å²) in [4.78, 5) is 2.66. The number of rotatable bonds is 3. The molecule has 94 valence electrons. The van der Waals surface area contributed by atoms with Crippen LogP contribution < -0.4 is 5.73 Å². The third-order valence-corrected chi connectivity index (χ3v) is 4.46. The van der Waals surface area contributed by atoms with Gasteiger partial charge in [-0.2, -0.15) is 0 Å². The molecule has 16 heavy (non-hydrogen) atoms. The van der Waals surface area contributed by atoms with E-state index in [1.807, 2.05) is 0 Å². The molecule has 0 aromatic rings. The maximum atomic E-state index is 6.22. The predicted octanol–water partition coefficient (Wildman–Crippen LogP) is 3.26. The van der Waals surface area contributed by atoms with Crippen LogP contribution in [-0.4, -0.2) is 23.1 Å². The molecule has 0 spiro atoms. The Labute approximate surface area is 101 Å². The first-order valence-electron chi connectivity index (χ1n) is 7.32. The summed E-state index contributed by atoms with van der Waals surface area (Å²) < 4.78 is 0. The van der Waals surface area contributed by atoms with Crippen molar-refractivity contribution in [3.05, 3.63) is 0 Å². The number of nitrogens with zero attached hydrogens (tertiary/aromatic N) is 1. The summed E-state index contributed by atoms with van der Waals surface area (Å²) in [5, 5.41) is 0. The van der Waals surface area contributed by atoms with Crippen molar-refractivity contribution >= 4 is 0 Å². The van der Waals surface area contributed by atoms with Gasteiger partial charge in [-0.25, -0.2) is 0 Å². The van der Waals surface area contributed by atoms with Crippen LogP contribution in [0.15, 0.2) is 0 Å². The molecule has 2 heteroatoms. The van der Waals surface area contributed by atoms with Gasteiger partial charge in [0.25, 0.3) is 0 Å². The van der Waals surface area contributed by atoms with Crippen molar-refractivity contribution in [1.82, 2.24) is 4.90 Å². The Morgan fingerprint density at radius 3 is 1.50 bits per heavy atom. The van der Waals surface area contributed by atoms with Crippen molar-refractivity contribution in [2.45, 2.75) is 89.4 Å². The Bertz CT molecular complexity index is 173. The van der Waals surface area contributed by atoms with Gasteiger partial charge >= 0.3 is 0 Å². The van der Waals surface area contributed by atoms with E-state index in [0.29, 0.717) is 0 Å². The molecule has 0 bridgehead atoms. The van der Waals surface area contributed by atoms with Gasteiger partial charge in [0.2, 0.25) is 0 Å². The van der Waals surface area contributed by atoms with E-state index in [2.05, 4.69) is 11.8 Å². The minimum absolute atomic E-state index is 0.256. The summed E-state index contributed by atoms with van der Waals surface area (Å²) in [5.41, 5.74) is 6.22. The molecular weight excluding hydrogens is 196 g/mol. The summed E-state index contributed by atoms with van der Waals surface area (Å²) >= 11 is 0. The van der Waals surface area contributed by atoms with E-state index in [9.17, 15) is 0 Å². The lowest BCUT2D eigenvalue weighted by atomic mass is 9.88. The second-order valence-corrected chi connectivity index (χ2v) is 5.77. The van der Waals surface area contributed by atoms with Gasteiger partial charge in [-0.15, -0.1) is 0 Å². The summed E-state index contributed by atoms with van der Waals surface area (Å²) in [6.45, 7) is 2.18. The summed E-state index contributed by atoms with van der Waals surface area (Å²) in [5.74, 6) is 0. The molecule has 0 heterocycles. The Morgan fingerprint density at radius 1 is 0.812 bits per heavy atom. The first-order valence-corrected chi connectivity index (χ1v) is 7.32. The van der Waals surface area contributed by atoms with Gasteiger partial charge in [0.05, 0.1) is 6.17 Å². The Morgan fingerprint density at radius 2 is 1.19 bits per heavy atom. The molecule has 0 radical (unpaired) electrons. The smallest absolute Gasteiger partial charge is 0.0548 e. The fraction of sp³-hybridized carbons (Fsp3) is 1.00. The van der Waals surface area contributed by atoms with Crippen LogP contribution in [0.5, 0.6) is 0 Å². The highest BCUT2D eigenvalue weighted by atomic mass is 15.3. The van der Waals surface area contributed by atoms with Gasteiger partial charge in [-0.05, 0) is 32.6 Å². The number of hydrogen-bond acceptors (Lipinski definition) is 2. The lowest BCUT2D eigenvalue weighted by molar-refractivity contribution is 0.0467. The molecule has 0 aliphatic heterocycles. The van der Waals surface area contributed by atoms with E-state index in [0.717, 1.165) is 12.1 Å². The largest absolute Gasteiger partial charge is 0.316 e. The van der Waals surface area contributed by atoms with Crippen molar-refractivity contribution in [1.29, 1.82) is 0 Å². The molecule has 0 aromatic heterocycles. The molecule has 0 aromatic carbocycles.